The van der Waals surface area contributed by atoms with Crippen LogP contribution in [0.2, 0.25) is 0 Å². The van der Waals surface area contributed by atoms with E-state index >= 15 is 0 Å². The van der Waals surface area contributed by atoms with Crippen molar-refractivity contribution in [2.75, 3.05) is 19.6 Å². The molecule has 1 atom stereocenters. The van der Waals surface area contributed by atoms with Gasteiger partial charge in [0.15, 0.2) is 0 Å². The monoisotopic (exact) mass is 381 g/mol. The highest BCUT2D eigenvalue weighted by Gasteiger charge is 2.23. The minimum atomic E-state index is -0.240. The Bertz CT molecular complexity index is 934. The molecule has 0 N–H and O–H groups in total. The summed E-state index contributed by atoms with van der Waals surface area (Å²) in [5.41, 5.74) is 5.08. The van der Waals surface area contributed by atoms with E-state index < -0.39 is 0 Å². The number of nitrogens with zero attached hydrogens (tertiary/aromatic N) is 5. The number of benzene rings is 1. The van der Waals surface area contributed by atoms with Gasteiger partial charge in [-0.1, -0.05) is 6.92 Å². The van der Waals surface area contributed by atoms with Crippen LogP contribution >= 0.6 is 0 Å². The van der Waals surface area contributed by atoms with Crippen molar-refractivity contribution in [3.05, 3.63) is 54.0 Å². The fourth-order valence-corrected chi connectivity index (χ4v) is 4.31. The van der Waals surface area contributed by atoms with E-state index in [4.69, 9.17) is 5.10 Å². The smallest absolute Gasteiger partial charge is 0.123 e. The van der Waals surface area contributed by atoms with Crippen molar-refractivity contribution >= 4 is 0 Å². The number of rotatable bonds is 6. The number of aromatic nitrogens is 4. The molecule has 0 amide bonds. The van der Waals surface area contributed by atoms with E-state index in [0.717, 1.165) is 41.3 Å². The van der Waals surface area contributed by atoms with Crippen molar-refractivity contribution < 1.29 is 4.39 Å². The third kappa shape index (κ3) is 3.49. The van der Waals surface area contributed by atoms with Crippen molar-refractivity contribution in [3.8, 4) is 16.9 Å². The lowest BCUT2D eigenvalue weighted by Crippen LogP contribution is -2.28. The van der Waals surface area contributed by atoms with Crippen molar-refractivity contribution in [1.82, 2.24) is 24.2 Å². The Morgan fingerprint density at radius 2 is 1.82 bits per heavy atom. The van der Waals surface area contributed by atoms with Crippen LogP contribution < -0.4 is 0 Å². The molecule has 1 aliphatic rings. The summed E-state index contributed by atoms with van der Waals surface area (Å²) in [6, 6.07) is 6.86. The molecular weight excluding hydrogens is 353 g/mol. The maximum absolute atomic E-state index is 13.3. The molecule has 4 rings (SSSR count). The van der Waals surface area contributed by atoms with Crippen LogP contribution in [0.4, 0.5) is 4.39 Å². The second kappa shape index (κ2) is 7.87. The van der Waals surface area contributed by atoms with Crippen LogP contribution in [0.15, 0.2) is 36.8 Å². The number of likely N-dealkylation sites (tertiary alicyclic amines) is 1. The maximum atomic E-state index is 13.3. The predicted octanol–water partition coefficient (Wildman–Crippen LogP) is 4.54. The topological polar surface area (TPSA) is 38.9 Å². The number of halogens is 1. The summed E-state index contributed by atoms with van der Waals surface area (Å²) >= 11 is 0. The molecule has 148 valence electrons. The highest BCUT2D eigenvalue weighted by molar-refractivity contribution is 5.66. The first-order valence-electron chi connectivity index (χ1n) is 10.1. The molecule has 0 radical (unpaired) electrons. The molecule has 28 heavy (non-hydrogen) atoms. The molecule has 5 nitrogen and oxygen atoms in total. The van der Waals surface area contributed by atoms with Crippen LogP contribution in [-0.2, 0) is 0 Å². The third-order valence-electron chi connectivity index (χ3n) is 5.82. The van der Waals surface area contributed by atoms with Gasteiger partial charge in [0.25, 0.3) is 0 Å². The maximum Gasteiger partial charge on any atom is 0.123 e. The zero-order valence-electron chi connectivity index (χ0n) is 16.9. The van der Waals surface area contributed by atoms with Gasteiger partial charge in [-0.3, -0.25) is 0 Å². The fourth-order valence-electron chi connectivity index (χ4n) is 4.31. The van der Waals surface area contributed by atoms with Crippen molar-refractivity contribution in [2.24, 2.45) is 0 Å². The number of hydrogen-bond acceptors (Lipinski definition) is 3. The highest BCUT2D eigenvalue weighted by atomic mass is 19.1. The van der Waals surface area contributed by atoms with Gasteiger partial charge >= 0.3 is 0 Å². The summed E-state index contributed by atoms with van der Waals surface area (Å²) in [5.74, 6) is -0.240. The van der Waals surface area contributed by atoms with Crippen LogP contribution in [0.1, 0.15) is 43.6 Å². The predicted molar refractivity (Wildman–Crippen MR) is 109 cm³/mol. The summed E-state index contributed by atoms with van der Waals surface area (Å²) in [6.45, 7) is 9.79. The molecule has 3 heterocycles. The molecule has 1 fully saturated rings. The lowest BCUT2D eigenvalue weighted by molar-refractivity contribution is 0.273. The van der Waals surface area contributed by atoms with Gasteiger partial charge in [-0.2, -0.15) is 5.10 Å². The Labute approximate surface area is 165 Å². The average molecular weight is 381 g/mol. The Morgan fingerprint density at radius 3 is 2.50 bits per heavy atom. The second-order valence-electron chi connectivity index (χ2n) is 7.69. The fraction of sp³-hybridized carbons (Fsp3) is 0.455. The summed E-state index contributed by atoms with van der Waals surface area (Å²) in [4.78, 5) is 7.03. The number of imidazole rings is 1. The largest absolute Gasteiger partial charge is 0.326 e. The molecule has 6 heteroatoms. The Balaban J connectivity index is 1.70. The quantitative estimate of drug-likeness (QED) is 0.629. The first-order valence-corrected chi connectivity index (χ1v) is 10.1. The molecule has 1 aliphatic heterocycles. The SMILES string of the molecule is CC[C@@H](CN1CCCC1)n1cncc1-c1c(C)nn(-c2ccc(F)cc2)c1C. The summed E-state index contributed by atoms with van der Waals surface area (Å²) in [7, 11) is 0. The lowest BCUT2D eigenvalue weighted by Gasteiger charge is -2.25. The van der Waals surface area contributed by atoms with E-state index in [1.54, 1.807) is 12.1 Å². The molecule has 0 spiro atoms. The van der Waals surface area contributed by atoms with Gasteiger partial charge < -0.3 is 9.47 Å². The van der Waals surface area contributed by atoms with E-state index in [1.807, 2.05) is 24.1 Å². The minimum Gasteiger partial charge on any atom is -0.326 e. The van der Waals surface area contributed by atoms with Crippen LogP contribution in [-0.4, -0.2) is 43.9 Å². The van der Waals surface area contributed by atoms with Gasteiger partial charge in [0.2, 0.25) is 0 Å². The van der Waals surface area contributed by atoms with E-state index in [-0.39, 0.29) is 5.82 Å². The lowest BCUT2D eigenvalue weighted by atomic mass is 10.1. The van der Waals surface area contributed by atoms with Crippen molar-refractivity contribution in [3.63, 3.8) is 0 Å². The molecule has 2 aromatic heterocycles. The van der Waals surface area contributed by atoms with Gasteiger partial charge in [-0.05, 0) is 70.5 Å². The molecule has 3 aromatic rings. The third-order valence-corrected chi connectivity index (χ3v) is 5.82. The van der Waals surface area contributed by atoms with Gasteiger partial charge in [-0.15, -0.1) is 0 Å². The molecule has 0 unspecified atom stereocenters. The molecule has 1 saturated heterocycles. The van der Waals surface area contributed by atoms with Gasteiger partial charge in [0.05, 0.1) is 35.3 Å². The number of hydrogen-bond donors (Lipinski definition) is 0. The summed E-state index contributed by atoms with van der Waals surface area (Å²) < 4.78 is 17.5. The van der Waals surface area contributed by atoms with Crippen LogP contribution in [0.5, 0.6) is 0 Å². The Kier molecular flexibility index (Phi) is 5.31. The summed E-state index contributed by atoms with van der Waals surface area (Å²) in [6.07, 6.45) is 7.56. The average Bonchev–Trinajstić information content (AvgIpc) is 3.42. The van der Waals surface area contributed by atoms with Gasteiger partial charge in [0.1, 0.15) is 5.82 Å². The zero-order chi connectivity index (χ0) is 19.7. The molecule has 0 saturated carbocycles. The van der Waals surface area contributed by atoms with E-state index in [9.17, 15) is 4.39 Å². The van der Waals surface area contributed by atoms with E-state index in [0.29, 0.717) is 6.04 Å². The normalized spacial score (nSPS) is 16.0. The molecule has 1 aromatic carbocycles. The van der Waals surface area contributed by atoms with Gasteiger partial charge in [0, 0.05) is 18.2 Å². The van der Waals surface area contributed by atoms with Gasteiger partial charge in [-0.25, -0.2) is 14.1 Å². The molecule has 0 bridgehead atoms. The van der Waals surface area contributed by atoms with Crippen LogP contribution in [0, 0.1) is 19.7 Å². The van der Waals surface area contributed by atoms with Crippen LogP contribution in [0.3, 0.4) is 0 Å². The zero-order valence-corrected chi connectivity index (χ0v) is 16.9. The Morgan fingerprint density at radius 1 is 1.11 bits per heavy atom. The molecular formula is C22H28FN5. The second-order valence-corrected chi connectivity index (χ2v) is 7.69. The Hall–Kier alpha value is -2.47. The summed E-state index contributed by atoms with van der Waals surface area (Å²) in [5, 5.41) is 4.74. The van der Waals surface area contributed by atoms with Crippen LogP contribution in [0.25, 0.3) is 16.9 Å². The molecule has 0 aliphatic carbocycles. The standard InChI is InChI=1S/C22H28FN5/c1-4-19(14-26-11-5-6-12-26)27-15-24-13-21(27)22-16(2)25-28(17(22)3)20-9-7-18(23)8-10-20/h7-10,13,15,19H,4-6,11-12,14H2,1-3H3/t19-/m0/s1. The minimum absolute atomic E-state index is 0.240. The number of aryl methyl sites for hydroxylation is 1. The first kappa shape index (κ1) is 18.9. The first-order chi connectivity index (χ1) is 13.6. The van der Waals surface area contributed by atoms with E-state index in [1.165, 1.54) is 38.1 Å². The van der Waals surface area contributed by atoms with E-state index in [2.05, 4.69) is 28.3 Å². The van der Waals surface area contributed by atoms with Crippen molar-refractivity contribution in [1.29, 1.82) is 0 Å². The highest BCUT2D eigenvalue weighted by Crippen LogP contribution is 2.31. The van der Waals surface area contributed by atoms with Crippen molar-refractivity contribution in [2.45, 2.75) is 46.1 Å².